The van der Waals surface area contributed by atoms with Crippen LogP contribution in [-0.4, -0.2) is 52.9 Å². The molecule has 1 aromatic heterocycles. The molecule has 4 rings (SSSR count). The van der Waals surface area contributed by atoms with Crippen LogP contribution in [0.25, 0.3) is 10.9 Å². The Morgan fingerprint density at radius 3 is 2.89 bits per heavy atom. The number of benzene rings is 1. The molecule has 1 aliphatic carbocycles. The Hall–Kier alpha value is -2.21. The van der Waals surface area contributed by atoms with E-state index in [4.69, 9.17) is 11.6 Å². The molecule has 2 fully saturated rings. The summed E-state index contributed by atoms with van der Waals surface area (Å²) in [6.45, 7) is 1.88. The predicted octanol–water partition coefficient (Wildman–Crippen LogP) is 3.75. The van der Waals surface area contributed by atoms with Crippen molar-refractivity contribution in [2.75, 3.05) is 20.1 Å². The lowest BCUT2D eigenvalue weighted by Crippen LogP contribution is -2.52. The summed E-state index contributed by atoms with van der Waals surface area (Å²) < 4.78 is 0. The van der Waals surface area contributed by atoms with Crippen molar-refractivity contribution in [1.82, 2.24) is 20.1 Å². The number of hydrogen-bond acceptors (Lipinski definition) is 2. The van der Waals surface area contributed by atoms with Gasteiger partial charge in [0.1, 0.15) is 0 Å². The maximum atomic E-state index is 12.6. The lowest BCUT2D eigenvalue weighted by atomic mass is 10.0. The predicted molar refractivity (Wildman–Crippen MR) is 110 cm³/mol. The number of nitrogens with zero attached hydrogens (tertiary/aromatic N) is 2. The number of urea groups is 1. The highest BCUT2D eigenvalue weighted by molar-refractivity contribution is 6.31. The first kappa shape index (κ1) is 19.1. The maximum Gasteiger partial charge on any atom is 0.317 e. The number of hydrogen-bond donors (Lipinski definition) is 2. The molecular weight excluding hydrogens is 376 g/mol. The third-order valence-corrected chi connectivity index (χ3v) is 6.08. The van der Waals surface area contributed by atoms with Crippen molar-refractivity contribution in [1.29, 1.82) is 0 Å². The summed E-state index contributed by atoms with van der Waals surface area (Å²) in [5, 5.41) is 4.70. The van der Waals surface area contributed by atoms with E-state index < -0.39 is 0 Å². The van der Waals surface area contributed by atoms with Gasteiger partial charge in [-0.15, -0.1) is 0 Å². The van der Waals surface area contributed by atoms with Crippen LogP contribution < -0.4 is 5.32 Å². The van der Waals surface area contributed by atoms with Gasteiger partial charge >= 0.3 is 6.03 Å². The first-order valence-corrected chi connectivity index (χ1v) is 10.4. The van der Waals surface area contributed by atoms with Crippen LogP contribution in [0.2, 0.25) is 5.02 Å². The number of H-pyrrole nitrogens is 1. The summed E-state index contributed by atoms with van der Waals surface area (Å²) in [6.07, 6.45) is 4.92. The topological polar surface area (TPSA) is 68.4 Å². The minimum atomic E-state index is -0.113. The highest BCUT2D eigenvalue weighted by atomic mass is 35.5. The lowest BCUT2D eigenvalue weighted by molar-refractivity contribution is -0.133. The van der Waals surface area contributed by atoms with Crippen LogP contribution in [0.1, 0.15) is 37.8 Å². The van der Waals surface area contributed by atoms with E-state index in [-0.39, 0.29) is 18.0 Å². The fourth-order valence-corrected chi connectivity index (χ4v) is 4.10. The Balaban J connectivity index is 1.31. The van der Waals surface area contributed by atoms with Crippen LogP contribution in [0.4, 0.5) is 4.79 Å². The Bertz CT molecular complexity index is 876. The quantitative estimate of drug-likeness (QED) is 0.799. The molecule has 1 saturated heterocycles. The van der Waals surface area contributed by atoms with Gasteiger partial charge in [-0.3, -0.25) is 4.79 Å². The van der Waals surface area contributed by atoms with Crippen LogP contribution in [-0.2, 0) is 11.3 Å². The SMILES string of the molecule is CN(C(=O)NCc1cc2cc(Cl)ccc2[nH]1)[C@@H]1CCCN(C(=O)CC2CC2)C1. The molecule has 2 heterocycles. The van der Waals surface area contributed by atoms with E-state index in [1.54, 1.807) is 4.90 Å². The van der Waals surface area contributed by atoms with Crippen molar-refractivity contribution in [2.24, 2.45) is 5.92 Å². The van der Waals surface area contributed by atoms with Crippen molar-refractivity contribution in [3.8, 4) is 0 Å². The van der Waals surface area contributed by atoms with Crippen molar-refractivity contribution < 1.29 is 9.59 Å². The highest BCUT2D eigenvalue weighted by Crippen LogP contribution is 2.33. The van der Waals surface area contributed by atoms with Crippen LogP contribution in [0.5, 0.6) is 0 Å². The van der Waals surface area contributed by atoms with Crippen LogP contribution in [0, 0.1) is 5.92 Å². The number of amides is 3. The fourth-order valence-electron chi connectivity index (χ4n) is 3.92. The molecule has 6 nitrogen and oxygen atoms in total. The number of aromatic nitrogens is 1. The zero-order valence-electron chi connectivity index (χ0n) is 16.2. The number of aromatic amines is 1. The Morgan fingerprint density at radius 2 is 2.11 bits per heavy atom. The smallest absolute Gasteiger partial charge is 0.317 e. The summed E-state index contributed by atoms with van der Waals surface area (Å²) in [5.74, 6) is 0.845. The second kappa shape index (κ2) is 8.03. The molecule has 2 aliphatic rings. The zero-order chi connectivity index (χ0) is 19.7. The monoisotopic (exact) mass is 402 g/mol. The van der Waals surface area contributed by atoms with E-state index in [1.807, 2.05) is 36.2 Å². The fraction of sp³-hybridized carbons (Fsp3) is 0.524. The van der Waals surface area contributed by atoms with Gasteiger partial charge in [0.25, 0.3) is 0 Å². The molecule has 28 heavy (non-hydrogen) atoms. The maximum absolute atomic E-state index is 12.6. The Morgan fingerprint density at radius 1 is 1.29 bits per heavy atom. The summed E-state index contributed by atoms with van der Waals surface area (Å²) in [6, 6.07) is 7.64. The van der Waals surface area contributed by atoms with E-state index >= 15 is 0 Å². The number of carbonyl (C=O) groups excluding carboxylic acids is 2. The summed E-state index contributed by atoms with van der Waals surface area (Å²) in [7, 11) is 1.82. The molecule has 1 atom stereocenters. The van der Waals surface area contributed by atoms with Gasteiger partial charge < -0.3 is 20.1 Å². The van der Waals surface area contributed by atoms with Gasteiger partial charge in [0.15, 0.2) is 0 Å². The van der Waals surface area contributed by atoms with Gasteiger partial charge in [-0.1, -0.05) is 11.6 Å². The standard InChI is InChI=1S/C21H27ClN4O2/c1-25(18-3-2-8-26(13-18)20(27)9-14-4-5-14)21(28)23-12-17-11-15-10-16(22)6-7-19(15)24-17/h6-7,10-11,14,18,24H,2-5,8-9,12-13H2,1H3,(H,23,28)/t18-/m1/s1. The summed E-state index contributed by atoms with van der Waals surface area (Å²) in [4.78, 5) is 32.0. The first-order chi connectivity index (χ1) is 13.5. The number of halogens is 1. The molecule has 0 unspecified atom stereocenters. The number of rotatable bonds is 5. The number of fused-ring (bicyclic) bond motifs is 1. The molecular formula is C21H27ClN4O2. The third-order valence-electron chi connectivity index (χ3n) is 5.85. The second-order valence-corrected chi connectivity index (χ2v) is 8.52. The Labute approximate surface area is 170 Å². The average Bonchev–Trinajstić information content (AvgIpc) is 3.42. The third kappa shape index (κ3) is 4.43. The zero-order valence-corrected chi connectivity index (χ0v) is 17.0. The first-order valence-electron chi connectivity index (χ1n) is 10.0. The Kier molecular flexibility index (Phi) is 5.49. The highest BCUT2D eigenvalue weighted by Gasteiger charge is 2.31. The van der Waals surface area contributed by atoms with Gasteiger partial charge in [0, 0.05) is 48.2 Å². The van der Waals surface area contributed by atoms with Crippen LogP contribution in [0.3, 0.4) is 0 Å². The van der Waals surface area contributed by atoms with Crippen LogP contribution >= 0.6 is 11.6 Å². The normalized spacial score (nSPS) is 19.6. The van der Waals surface area contributed by atoms with Gasteiger partial charge in [0.2, 0.25) is 5.91 Å². The van der Waals surface area contributed by atoms with E-state index in [0.29, 0.717) is 30.5 Å². The molecule has 150 valence electrons. The number of piperidine rings is 1. The molecule has 2 aromatic rings. The van der Waals surface area contributed by atoms with Gasteiger partial charge in [-0.2, -0.15) is 0 Å². The molecule has 2 N–H and O–H groups in total. The lowest BCUT2D eigenvalue weighted by Gasteiger charge is -2.37. The van der Waals surface area contributed by atoms with Gasteiger partial charge in [0.05, 0.1) is 12.6 Å². The number of nitrogens with one attached hydrogen (secondary N) is 2. The van der Waals surface area contributed by atoms with Crippen molar-refractivity contribution >= 4 is 34.4 Å². The summed E-state index contributed by atoms with van der Waals surface area (Å²) in [5.41, 5.74) is 1.93. The molecule has 1 saturated carbocycles. The van der Waals surface area contributed by atoms with Crippen molar-refractivity contribution in [2.45, 2.75) is 44.7 Å². The molecule has 1 aliphatic heterocycles. The van der Waals surface area contributed by atoms with E-state index in [2.05, 4.69) is 10.3 Å². The van der Waals surface area contributed by atoms with Crippen molar-refractivity contribution in [3.05, 3.63) is 35.0 Å². The second-order valence-electron chi connectivity index (χ2n) is 8.08. The van der Waals surface area contributed by atoms with Crippen molar-refractivity contribution in [3.63, 3.8) is 0 Å². The number of likely N-dealkylation sites (N-methyl/N-ethyl adjacent to an activating group) is 1. The van der Waals surface area contributed by atoms with E-state index in [0.717, 1.165) is 36.0 Å². The molecule has 0 radical (unpaired) electrons. The van der Waals surface area contributed by atoms with Crippen LogP contribution in [0.15, 0.2) is 24.3 Å². The molecule has 0 spiro atoms. The minimum Gasteiger partial charge on any atom is -0.357 e. The molecule has 3 amide bonds. The van der Waals surface area contributed by atoms with E-state index in [1.165, 1.54) is 12.8 Å². The minimum absolute atomic E-state index is 0.0680. The number of likely N-dealkylation sites (tertiary alicyclic amines) is 1. The van der Waals surface area contributed by atoms with Gasteiger partial charge in [-0.25, -0.2) is 4.79 Å². The van der Waals surface area contributed by atoms with E-state index in [9.17, 15) is 9.59 Å². The molecule has 1 aromatic carbocycles. The largest absolute Gasteiger partial charge is 0.357 e. The average molecular weight is 403 g/mol. The summed E-state index contributed by atoms with van der Waals surface area (Å²) >= 11 is 6.03. The van der Waals surface area contributed by atoms with Gasteiger partial charge in [-0.05, 0) is 55.9 Å². The number of carbonyl (C=O) groups is 2. The molecule has 7 heteroatoms. The molecule has 0 bridgehead atoms.